The maximum Gasteiger partial charge on any atom is 0.328 e. The predicted molar refractivity (Wildman–Crippen MR) is 88.9 cm³/mol. The Hall–Kier alpha value is -2.41. The van der Waals surface area contributed by atoms with Crippen molar-refractivity contribution in [3.05, 3.63) is 35.8 Å². The summed E-state index contributed by atoms with van der Waals surface area (Å²) in [5.74, 6) is -0.620. The van der Waals surface area contributed by atoms with Crippen LogP contribution in [-0.2, 0) is 9.53 Å². The average molecular weight is 330 g/mol. The zero-order chi connectivity index (χ0) is 17.4. The molecule has 0 radical (unpaired) electrons. The first-order valence-electron chi connectivity index (χ1n) is 7.92. The molecule has 24 heavy (non-hydrogen) atoms. The van der Waals surface area contributed by atoms with Gasteiger partial charge in [0, 0.05) is 25.0 Å². The van der Waals surface area contributed by atoms with E-state index in [1.54, 1.807) is 11.1 Å². The summed E-state index contributed by atoms with van der Waals surface area (Å²) in [4.78, 5) is 33.1. The van der Waals surface area contributed by atoms with Crippen molar-refractivity contribution in [1.29, 1.82) is 0 Å². The van der Waals surface area contributed by atoms with E-state index >= 15 is 0 Å². The Balaban J connectivity index is 1.93. The molecule has 1 amide bonds. The number of pyridine rings is 1. The van der Waals surface area contributed by atoms with E-state index in [1.165, 1.54) is 7.11 Å². The van der Waals surface area contributed by atoms with Crippen molar-refractivity contribution >= 4 is 17.5 Å². The van der Waals surface area contributed by atoms with Crippen LogP contribution >= 0.6 is 0 Å². The number of rotatable bonds is 3. The summed E-state index contributed by atoms with van der Waals surface area (Å²) in [5.41, 5.74) is 2.09. The van der Waals surface area contributed by atoms with Crippen molar-refractivity contribution in [2.45, 2.75) is 25.4 Å². The van der Waals surface area contributed by atoms with E-state index in [4.69, 9.17) is 4.74 Å². The lowest BCUT2D eigenvalue weighted by molar-refractivity contribution is -0.145. The van der Waals surface area contributed by atoms with E-state index in [0.717, 1.165) is 11.2 Å². The standard InChI is InChI=1S/C17H22N4O3/c1-11-6-5-7-20-10-13(18-15(11)20)16(22)21-9-12(19(2)3)8-14(21)17(23)24-4/h5-7,10,12,14H,8-9H2,1-4H3/t12-,14+/m1/s1. The summed E-state index contributed by atoms with van der Waals surface area (Å²) >= 11 is 0. The number of methoxy groups -OCH3 is 1. The molecule has 7 heteroatoms. The fourth-order valence-corrected chi connectivity index (χ4v) is 3.18. The van der Waals surface area contributed by atoms with Crippen LogP contribution in [0.1, 0.15) is 22.5 Å². The normalized spacial score (nSPS) is 20.8. The van der Waals surface area contributed by atoms with E-state index < -0.39 is 6.04 Å². The highest BCUT2D eigenvalue weighted by Gasteiger charge is 2.41. The van der Waals surface area contributed by atoms with Gasteiger partial charge >= 0.3 is 5.97 Å². The van der Waals surface area contributed by atoms with E-state index in [9.17, 15) is 9.59 Å². The van der Waals surface area contributed by atoms with Gasteiger partial charge in [-0.2, -0.15) is 0 Å². The van der Waals surface area contributed by atoms with Crippen molar-refractivity contribution in [3.8, 4) is 0 Å². The van der Waals surface area contributed by atoms with Gasteiger partial charge in [-0.1, -0.05) is 6.07 Å². The van der Waals surface area contributed by atoms with Gasteiger partial charge in [0.2, 0.25) is 0 Å². The molecule has 1 aliphatic heterocycles. The summed E-state index contributed by atoms with van der Waals surface area (Å²) < 4.78 is 6.71. The number of likely N-dealkylation sites (tertiary alicyclic amines) is 1. The molecule has 0 bridgehead atoms. The van der Waals surface area contributed by atoms with Crippen LogP contribution in [0, 0.1) is 6.92 Å². The summed E-state index contributed by atoms with van der Waals surface area (Å²) in [5, 5.41) is 0. The Bertz CT molecular complexity index is 783. The molecule has 1 aliphatic rings. The minimum Gasteiger partial charge on any atom is -0.467 e. The van der Waals surface area contributed by atoms with Crippen LogP contribution < -0.4 is 0 Å². The van der Waals surface area contributed by atoms with Gasteiger partial charge < -0.3 is 18.9 Å². The molecule has 1 saturated heterocycles. The molecule has 0 aromatic carbocycles. The summed E-state index contributed by atoms with van der Waals surface area (Å²) in [6.45, 7) is 2.43. The Kier molecular flexibility index (Phi) is 4.28. The fourth-order valence-electron chi connectivity index (χ4n) is 3.18. The molecule has 0 saturated carbocycles. The van der Waals surface area contributed by atoms with Gasteiger partial charge in [-0.05, 0) is 39.1 Å². The Morgan fingerprint density at radius 1 is 1.38 bits per heavy atom. The third kappa shape index (κ3) is 2.75. The number of imidazole rings is 1. The quantitative estimate of drug-likeness (QED) is 0.784. The van der Waals surface area contributed by atoms with Crippen LogP contribution in [0.25, 0.3) is 5.65 Å². The minimum absolute atomic E-state index is 0.122. The first-order chi connectivity index (χ1) is 11.4. The zero-order valence-corrected chi connectivity index (χ0v) is 14.4. The van der Waals surface area contributed by atoms with E-state index in [0.29, 0.717) is 18.7 Å². The van der Waals surface area contributed by atoms with Gasteiger partial charge in [-0.3, -0.25) is 4.79 Å². The number of amides is 1. The van der Waals surface area contributed by atoms with Crippen LogP contribution in [0.3, 0.4) is 0 Å². The average Bonchev–Trinajstić information content (AvgIpc) is 3.18. The van der Waals surface area contributed by atoms with Crippen LogP contribution in [0.15, 0.2) is 24.5 Å². The number of esters is 1. The van der Waals surface area contributed by atoms with Gasteiger partial charge in [-0.25, -0.2) is 9.78 Å². The number of fused-ring (bicyclic) bond motifs is 1. The second-order valence-electron chi connectivity index (χ2n) is 6.40. The SMILES string of the molecule is COC(=O)[C@@H]1C[C@@H](N(C)C)CN1C(=O)c1cn2cccc(C)c2n1. The number of ether oxygens (including phenoxy) is 1. The molecule has 2 atom stereocenters. The molecule has 0 spiro atoms. The number of aryl methyl sites for hydroxylation is 1. The maximum atomic E-state index is 13.0. The summed E-state index contributed by atoms with van der Waals surface area (Å²) in [6, 6.07) is 3.41. The third-order valence-electron chi connectivity index (χ3n) is 4.64. The van der Waals surface area contributed by atoms with E-state index in [1.807, 2.05) is 48.6 Å². The van der Waals surface area contributed by atoms with E-state index in [-0.39, 0.29) is 17.9 Å². The summed E-state index contributed by atoms with van der Waals surface area (Å²) in [6.07, 6.45) is 4.14. The topological polar surface area (TPSA) is 67.2 Å². The largest absolute Gasteiger partial charge is 0.467 e. The molecule has 3 rings (SSSR count). The minimum atomic E-state index is -0.569. The van der Waals surface area contributed by atoms with Crippen molar-refractivity contribution in [2.75, 3.05) is 27.7 Å². The molecule has 128 valence electrons. The van der Waals surface area contributed by atoms with Gasteiger partial charge in [0.15, 0.2) is 0 Å². The number of carbonyl (C=O) groups is 2. The second-order valence-corrected chi connectivity index (χ2v) is 6.40. The van der Waals surface area contributed by atoms with Crippen molar-refractivity contribution < 1.29 is 14.3 Å². The van der Waals surface area contributed by atoms with Gasteiger partial charge in [0.25, 0.3) is 5.91 Å². The van der Waals surface area contributed by atoms with Gasteiger partial charge in [0.1, 0.15) is 17.4 Å². The Morgan fingerprint density at radius 2 is 2.12 bits per heavy atom. The molecule has 7 nitrogen and oxygen atoms in total. The number of likely N-dealkylation sites (N-methyl/N-ethyl adjacent to an activating group) is 1. The van der Waals surface area contributed by atoms with Crippen LogP contribution in [0.5, 0.6) is 0 Å². The number of hydrogen-bond acceptors (Lipinski definition) is 5. The molecule has 0 N–H and O–H groups in total. The zero-order valence-electron chi connectivity index (χ0n) is 14.4. The lowest BCUT2D eigenvalue weighted by Crippen LogP contribution is -2.41. The van der Waals surface area contributed by atoms with Gasteiger partial charge in [0.05, 0.1) is 7.11 Å². The van der Waals surface area contributed by atoms with Crippen molar-refractivity contribution in [3.63, 3.8) is 0 Å². The molecule has 2 aromatic rings. The Morgan fingerprint density at radius 3 is 2.75 bits per heavy atom. The Labute approximate surface area is 140 Å². The highest BCUT2D eigenvalue weighted by molar-refractivity contribution is 5.96. The fraction of sp³-hybridized carbons (Fsp3) is 0.471. The third-order valence-corrected chi connectivity index (χ3v) is 4.64. The van der Waals surface area contributed by atoms with Crippen molar-refractivity contribution in [1.82, 2.24) is 19.2 Å². The van der Waals surface area contributed by atoms with Crippen LogP contribution in [-0.4, -0.2) is 70.9 Å². The van der Waals surface area contributed by atoms with Crippen molar-refractivity contribution in [2.24, 2.45) is 0 Å². The highest BCUT2D eigenvalue weighted by Crippen LogP contribution is 2.24. The van der Waals surface area contributed by atoms with Crippen LogP contribution in [0.4, 0.5) is 0 Å². The first-order valence-corrected chi connectivity index (χ1v) is 7.92. The number of nitrogens with zero attached hydrogens (tertiary/aromatic N) is 4. The highest BCUT2D eigenvalue weighted by atomic mass is 16.5. The molecular formula is C17H22N4O3. The molecular weight excluding hydrogens is 308 g/mol. The van der Waals surface area contributed by atoms with Gasteiger partial charge in [-0.15, -0.1) is 0 Å². The summed E-state index contributed by atoms with van der Waals surface area (Å²) in [7, 11) is 5.24. The number of hydrogen-bond donors (Lipinski definition) is 0. The lowest BCUT2D eigenvalue weighted by atomic mass is 10.1. The number of carbonyl (C=O) groups excluding carboxylic acids is 2. The molecule has 1 fully saturated rings. The van der Waals surface area contributed by atoms with Crippen LogP contribution in [0.2, 0.25) is 0 Å². The predicted octanol–water partition coefficient (Wildman–Crippen LogP) is 0.960. The molecule has 0 aliphatic carbocycles. The first kappa shape index (κ1) is 16.4. The molecule has 3 heterocycles. The van der Waals surface area contributed by atoms with E-state index in [2.05, 4.69) is 4.98 Å². The monoisotopic (exact) mass is 330 g/mol. The maximum absolute atomic E-state index is 13.0. The smallest absolute Gasteiger partial charge is 0.328 e. The second kappa shape index (κ2) is 6.24. The molecule has 0 unspecified atom stereocenters. The number of aromatic nitrogens is 2. The molecule has 2 aromatic heterocycles. The lowest BCUT2D eigenvalue weighted by Gasteiger charge is -2.22.